The van der Waals surface area contributed by atoms with Crippen LogP contribution in [-0.4, -0.2) is 22.7 Å². The van der Waals surface area contributed by atoms with Gasteiger partial charge in [0.2, 0.25) is 11.8 Å². The zero-order valence-electron chi connectivity index (χ0n) is 14.3. The molecule has 1 aromatic heterocycles. The molecule has 0 aliphatic carbocycles. The number of amides is 3. The third-order valence-corrected chi connectivity index (χ3v) is 3.37. The molecule has 0 fully saturated rings. The maximum atomic E-state index is 12.5. The third-order valence-electron chi connectivity index (χ3n) is 3.37. The van der Waals surface area contributed by atoms with E-state index in [9.17, 15) is 14.4 Å². The molecule has 2 rings (SSSR count). The van der Waals surface area contributed by atoms with E-state index in [-0.39, 0.29) is 23.8 Å². The molecule has 25 heavy (non-hydrogen) atoms. The lowest BCUT2D eigenvalue weighted by atomic mass is 10.1. The van der Waals surface area contributed by atoms with E-state index in [1.165, 1.54) is 13.8 Å². The molecule has 3 N–H and O–H groups in total. The van der Waals surface area contributed by atoms with E-state index < -0.39 is 0 Å². The fourth-order valence-electron chi connectivity index (χ4n) is 2.30. The molecule has 2 aromatic rings. The van der Waals surface area contributed by atoms with E-state index in [2.05, 4.69) is 20.9 Å². The summed E-state index contributed by atoms with van der Waals surface area (Å²) in [6.45, 7) is 4.59. The summed E-state index contributed by atoms with van der Waals surface area (Å²) < 4.78 is 0. The summed E-state index contributed by atoms with van der Waals surface area (Å²) in [7, 11) is 0. The van der Waals surface area contributed by atoms with Gasteiger partial charge in [-0.3, -0.25) is 19.4 Å². The summed E-state index contributed by atoms with van der Waals surface area (Å²) in [4.78, 5) is 39.1. The van der Waals surface area contributed by atoms with Crippen LogP contribution in [0.3, 0.4) is 0 Å². The molecule has 7 nitrogen and oxygen atoms in total. The number of anilines is 2. The first kappa shape index (κ1) is 18.1. The Morgan fingerprint density at radius 3 is 2.08 bits per heavy atom. The van der Waals surface area contributed by atoms with Crippen molar-refractivity contribution in [2.24, 2.45) is 0 Å². The van der Waals surface area contributed by atoms with E-state index in [0.29, 0.717) is 16.9 Å². The van der Waals surface area contributed by atoms with Crippen molar-refractivity contribution in [1.29, 1.82) is 0 Å². The Hall–Kier alpha value is -3.22. The zero-order valence-corrected chi connectivity index (χ0v) is 14.3. The largest absolute Gasteiger partial charge is 0.345 e. The molecule has 1 atom stereocenters. The minimum absolute atomic E-state index is 0.241. The van der Waals surface area contributed by atoms with Gasteiger partial charge in [0.1, 0.15) is 0 Å². The van der Waals surface area contributed by atoms with Crippen LogP contribution in [0.2, 0.25) is 0 Å². The normalized spacial score (nSPS) is 11.3. The van der Waals surface area contributed by atoms with Crippen molar-refractivity contribution < 1.29 is 14.4 Å². The Morgan fingerprint density at radius 1 is 1.00 bits per heavy atom. The summed E-state index contributed by atoms with van der Waals surface area (Å²) in [6.07, 6.45) is 3.34. The predicted octanol–water partition coefficient (Wildman–Crippen LogP) is 2.49. The van der Waals surface area contributed by atoms with Gasteiger partial charge in [-0.2, -0.15) is 0 Å². The van der Waals surface area contributed by atoms with Gasteiger partial charge >= 0.3 is 0 Å². The maximum Gasteiger partial charge on any atom is 0.251 e. The minimum atomic E-state index is -0.324. The van der Waals surface area contributed by atoms with E-state index >= 15 is 0 Å². The highest BCUT2D eigenvalue weighted by molar-refractivity contribution is 6.00. The van der Waals surface area contributed by atoms with Crippen molar-refractivity contribution >= 4 is 29.1 Å². The van der Waals surface area contributed by atoms with Gasteiger partial charge in [-0.05, 0) is 36.8 Å². The highest BCUT2D eigenvalue weighted by Gasteiger charge is 2.14. The third kappa shape index (κ3) is 5.42. The average Bonchev–Trinajstić information content (AvgIpc) is 2.54. The number of carbonyl (C=O) groups excluding carboxylic acids is 3. The number of benzene rings is 1. The molecule has 7 heteroatoms. The fraction of sp³-hybridized carbons (Fsp3) is 0.222. The Kier molecular flexibility index (Phi) is 5.84. The zero-order chi connectivity index (χ0) is 18.4. The van der Waals surface area contributed by atoms with Gasteiger partial charge in [0, 0.05) is 43.2 Å². The molecule has 0 aliphatic rings. The second-order valence-electron chi connectivity index (χ2n) is 5.64. The van der Waals surface area contributed by atoms with Crippen molar-refractivity contribution in [3.63, 3.8) is 0 Å². The summed E-state index contributed by atoms with van der Waals surface area (Å²) in [5.41, 5.74) is 2.05. The van der Waals surface area contributed by atoms with Gasteiger partial charge in [-0.25, -0.2) is 0 Å². The Labute approximate surface area is 145 Å². The molecule has 0 aliphatic heterocycles. The number of hydrogen-bond donors (Lipinski definition) is 3. The number of hydrogen-bond acceptors (Lipinski definition) is 4. The number of rotatable bonds is 5. The van der Waals surface area contributed by atoms with Crippen LogP contribution in [-0.2, 0) is 9.59 Å². The smallest absolute Gasteiger partial charge is 0.251 e. The monoisotopic (exact) mass is 340 g/mol. The molecule has 0 saturated carbocycles. The lowest BCUT2D eigenvalue weighted by Gasteiger charge is -2.15. The van der Waals surface area contributed by atoms with E-state index in [1.807, 2.05) is 13.0 Å². The van der Waals surface area contributed by atoms with Crippen LogP contribution in [0.1, 0.15) is 42.7 Å². The minimum Gasteiger partial charge on any atom is -0.345 e. The van der Waals surface area contributed by atoms with Gasteiger partial charge in [-0.1, -0.05) is 6.07 Å². The lowest BCUT2D eigenvalue weighted by Crippen LogP contribution is -2.27. The van der Waals surface area contributed by atoms with E-state index in [4.69, 9.17) is 0 Å². The Morgan fingerprint density at radius 2 is 1.60 bits per heavy atom. The number of nitrogens with one attached hydrogen (secondary N) is 3. The van der Waals surface area contributed by atoms with E-state index in [1.54, 1.807) is 36.7 Å². The predicted molar refractivity (Wildman–Crippen MR) is 95.2 cm³/mol. The van der Waals surface area contributed by atoms with Crippen LogP contribution in [0.15, 0.2) is 42.7 Å². The van der Waals surface area contributed by atoms with E-state index in [0.717, 1.165) is 5.56 Å². The molecule has 1 unspecified atom stereocenters. The van der Waals surface area contributed by atoms with Crippen LogP contribution in [0.25, 0.3) is 0 Å². The van der Waals surface area contributed by atoms with Gasteiger partial charge < -0.3 is 16.0 Å². The standard InChI is InChI=1S/C18H20N4O3/c1-11(14-5-4-6-19-10-14)20-18(25)15-7-16(21-12(2)23)9-17(8-15)22-13(3)24/h4-11H,1-3H3,(H,20,25)(H,21,23)(H,22,24). The summed E-state index contributed by atoms with van der Waals surface area (Å²) in [5.74, 6) is -0.861. The molecule has 0 saturated heterocycles. The van der Waals surface area contributed by atoms with Crippen LogP contribution >= 0.6 is 0 Å². The molecule has 0 spiro atoms. The summed E-state index contributed by atoms with van der Waals surface area (Å²) >= 11 is 0. The molecule has 3 amide bonds. The van der Waals surface area contributed by atoms with Crippen LogP contribution < -0.4 is 16.0 Å². The molecular weight excluding hydrogens is 320 g/mol. The molecule has 130 valence electrons. The quantitative estimate of drug-likeness (QED) is 0.778. The molecular formula is C18H20N4O3. The van der Waals surface area contributed by atoms with Crippen molar-refractivity contribution in [1.82, 2.24) is 10.3 Å². The first-order chi connectivity index (χ1) is 11.8. The highest BCUT2D eigenvalue weighted by atomic mass is 16.2. The van der Waals surface area contributed by atoms with Crippen LogP contribution in [0, 0.1) is 0 Å². The van der Waals surface area contributed by atoms with Crippen molar-refractivity contribution in [3.05, 3.63) is 53.9 Å². The van der Waals surface area contributed by atoms with Crippen molar-refractivity contribution in [2.45, 2.75) is 26.8 Å². The van der Waals surface area contributed by atoms with Crippen molar-refractivity contribution in [3.8, 4) is 0 Å². The number of nitrogens with zero attached hydrogens (tertiary/aromatic N) is 1. The van der Waals surface area contributed by atoms with Gasteiger partial charge in [-0.15, -0.1) is 0 Å². The average molecular weight is 340 g/mol. The Balaban J connectivity index is 2.24. The molecule has 1 aromatic carbocycles. The number of aromatic nitrogens is 1. The topological polar surface area (TPSA) is 100 Å². The second-order valence-corrected chi connectivity index (χ2v) is 5.64. The maximum absolute atomic E-state index is 12.5. The number of carbonyl (C=O) groups is 3. The molecule has 0 bridgehead atoms. The molecule has 1 heterocycles. The lowest BCUT2D eigenvalue weighted by molar-refractivity contribution is -0.115. The van der Waals surface area contributed by atoms with Gasteiger partial charge in [0.25, 0.3) is 5.91 Å². The first-order valence-corrected chi connectivity index (χ1v) is 7.76. The van der Waals surface area contributed by atoms with Crippen LogP contribution in [0.5, 0.6) is 0 Å². The van der Waals surface area contributed by atoms with Crippen LogP contribution in [0.4, 0.5) is 11.4 Å². The SMILES string of the molecule is CC(=O)Nc1cc(NC(C)=O)cc(C(=O)NC(C)c2cccnc2)c1. The van der Waals surface area contributed by atoms with Gasteiger partial charge in [0.05, 0.1) is 6.04 Å². The Bertz CT molecular complexity index is 756. The fourth-order valence-corrected chi connectivity index (χ4v) is 2.30. The summed E-state index contributed by atoms with van der Waals surface area (Å²) in [5, 5.41) is 8.11. The first-order valence-electron chi connectivity index (χ1n) is 7.76. The highest BCUT2D eigenvalue weighted by Crippen LogP contribution is 2.20. The second kappa shape index (κ2) is 8.05. The molecule has 0 radical (unpaired) electrons. The summed E-state index contributed by atoms with van der Waals surface area (Å²) in [6, 6.07) is 8.12. The van der Waals surface area contributed by atoms with Crippen molar-refractivity contribution in [2.75, 3.05) is 10.6 Å². The number of pyridine rings is 1. The van der Waals surface area contributed by atoms with Gasteiger partial charge in [0.15, 0.2) is 0 Å².